The number of rotatable bonds is 5. The number of aliphatic hydroxyl groups excluding tert-OH is 8. The first-order chi connectivity index (χ1) is 25.0. The molecule has 8 rings (SSSR count). The van der Waals surface area contributed by atoms with Crippen LogP contribution in [0, 0.1) is 46.3 Å². The molecule has 4 heterocycles. The molecule has 4 saturated heterocycles. The van der Waals surface area contributed by atoms with E-state index in [-0.39, 0.29) is 35.7 Å². The molecule has 53 heavy (non-hydrogen) atoms. The van der Waals surface area contributed by atoms with E-state index < -0.39 is 97.5 Å². The van der Waals surface area contributed by atoms with Crippen molar-refractivity contribution in [2.24, 2.45) is 46.3 Å². The molecule has 4 aliphatic carbocycles. The summed E-state index contributed by atoms with van der Waals surface area (Å²) in [7, 11) is 0. The Kier molecular flexibility index (Phi) is 10.3. The fraction of sp³-hybridized carbons (Fsp3) is 0.949. The van der Waals surface area contributed by atoms with E-state index in [2.05, 4.69) is 26.8 Å². The van der Waals surface area contributed by atoms with Gasteiger partial charge in [-0.15, -0.1) is 0 Å². The van der Waals surface area contributed by atoms with Gasteiger partial charge in [0.15, 0.2) is 18.4 Å². The highest BCUT2D eigenvalue weighted by Crippen LogP contribution is 2.70. The van der Waals surface area contributed by atoms with Crippen LogP contribution in [0.25, 0.3) is 0 Å². The van der Waals surface area contributed by atoms with Crippen LogP contribution < -0.4 is 0 Å². The largest absolute Gasteiger partial charge is 0.394 e. The zero-order valence-electron chi connectivity index (χ0n) is 31.5. The van der Waals surface area contributed by atoms with Crippen LogP contribution in [0.4, 0.5) is 0 Å². The summed E-state index contributed by atoms with van der Waals surface area (Å²) in [5, 5.41) is 85.8. The Morgan fingerprint density at radius 3 is 2.32 bits per heavy atom. The van der Waals surface area contributed by atoms with E-state index in [1.807, 2.05) is 6.92 Å². The normalized spacial score (nSPS) is 59.5. The number of aliphatic hydroxyl groups is 8. The predicted octanol–water partition coefficient (Wildman–Crippen LogP) is 0.332. The molecule has 0 amide bonds. The summed E-state index contributed by atoms with van der Waals surface area (Å²) in [5.74, 6) is 0.931. The molecule has 8 N–H and O–H groups in total. The number of allylic oxidation sites excluding steroid dienone is 1. The number of fused-ring (bicyclic) bond motifs is 7. The molecule has 0 aromatic carbocycles. The van der Waals surface area contributed by atoms with Gasteiger partial charge in [-0.25, -0.2) is 0 Å². The summed E-state index contributed by atoms with van der Waals surface area (Å²) in [6, 6.07) is 0. The molecule has 14 heteroatoms. The maximum absolute atomic E-state index is 12.1. The third kappa shape index (κ3) is 5.95. The lowest BCUT2D eigenvalue weighted by molar-refractivity contribution is -0.370. The topological polar surface area (TPSA) is 217 Å². The van der Waals surface area contributed by atoms with E-state index in [1.165, 1.54) is 6.92 Å². The molecule has 4 aliphatic heterocycles. The van der Waals surface area contributed by atoms with Crippen molar-refractivity contribution in [3.63, 3.8) is 0 Å². The van der Waals surface area contributed by atoms with Crippen LogP contribution in [0.15, 0.2) is 11.6 Å². The Hall–Kier alpha value is -0.820. The Bertz CT molecular complexity index is 1380. The van der Waals surface area contributed by atoms with Crippen LogP contribution in [-0.4, -0.2) is 146 Å². The lowest BCUT2D eigenvalue weighted by Crippen LogP contribution is -2.64. The van der Waals surface area contributed by atoms with Crippen molar-refractivity contribution in [2.75, 3.05) is 13.2 Å². The Balaban J connectivity index is 0.985. The first kappa shape index (κ1) is 39.0. The Morgan fingerprint density at radius 1 is 0.849 bits per heavy atom. The first-order valence-corrected chi connectivity index (χ1v) is 20.0. The lowest BCUT2D eigenvalue weighted by Gasteiger charge is -2.60. The molecule has 0 bridgehead atoms. The van der Waals surface area contributed by atoms with Crippen molar-refractivity contribution in [1.29, 1.82) is 0 Å². The van der Waals surface area contributed by atoms with Crippen LogP contribution in [-0.2, 0) is 28.4 Å². The highest BCUT2D eigenvalue weighted by molar-refractivity contribution is 5.28. The van der Waals surface area contributed by atoms with Gasteiger partial charge in [-0.1, -0.05) is 39.3 Å². The van der Waals surface area contributed by atoms with Gasteiger partial charge in [-0.05, 0) is 68.1 Å². The van der Waals surface area contributed by atoms with Gasteiger partial charge in [0.25, 0.3) is 0 Å². The van der Waals surface area contributed by atoms with Crippen LogP contribution in [0.1, 0.15) is 79.6 Å². The fourth-order valence-electron chi connectivity index (χ4n) is 12.6. The summed E-state index contributed by atoms with van der Waals surface area (Å²) in [5.41, 5.74) is 0.709. The Labute approximate surface area is 311 Å². The highest BCUT2D eigenvalue weighted by atomic mass is 16.8. The molecule has 3 saturated carbocycles. The predicted molar refractivity (Wildman–Crippen MR) is 184 cm³/mol. The second-order valence-corrected chi connectivity index (χ2v) is 18.4. The molecule has 0 radical (unpaired) electrons. The SMILES string of the molecule is C[C@@H]1CO[C@]2(C[C@@H]1O)O[C@H]1C[C@H]3[C@@H]4CC=C5C[C@@H](O[C@@H]6O[C@H](CO)[C@H](O)[C@H](O)[C@H]6O[C@@H]6O[C@@H](C)[C@H](O)[C@@H](O)[C@H]6O)C[C@@H](O)[C@]5(C)[C@H]4CC[C@]3(C)[C@H]1[C@@H]2C. The molecule has 1 spiro atoms. The van der Waals surface area contributed by atoms with Crippen molar-refractivity contribution in [3.05, 3.63) is 11.6 Å². The second-order valence-electron chi connectivity index (χ2n) is 18.4. The van der Waals surface area contributed by atoms with Gasteiger partial charge in [-0.3, -0.25) is 0 Å². The summed E-state index contributed by atoms with van der Waals surface area (Å²) >= 11 is 0. The van der Waals surface area contributed by atoms with Crippen molar-refractivity contribution >= 4 is 0 Å². The smallest absolute Gasteiger partial charge is 0.187 e. The van der Waals surface area contributed by atoms with Crippen molar-refractivity contribution in [3.8, 4) is 0 Å². The maximum Gasteiger partial charge on any atom is 0.187 e. The molecule has 0 unspecified atom stereocenters. The van der Waals surface area contributed by atoms with Gasteiger partial charge in [0, 0.05) is 30.1 Å². The average molecular weight is 755 g/mol. The van der Waals surface area contributed by atoms with Gasteiger partial charge < -0.3 is 69.3 Å². The third-order valence-electron chi connectivity index (χ3n) is 15.8. The standard InChI is InChI=1S/C39H62O14/c1-16-15-48-39(13-24(16)41)17(2)28-25(53-39)12-23-21-7-6-19-10-20(11-27(42)38(19,5)22(21)8-9-37(23,28)4)50-36-34(32(46)30(44)26(14-40)51-36)52-35-33(47)31(45)29(43)18(3)49-35/h6,16-18,20-36,40-47H,7-15H2,1-5H3/t16-,17+,18+,20-,21-,22+,23+,24+,25+,26-,27-,28+,29+,30+,31-,32+,33-,34-,35+,36-,37+,38+,39-/m1/s1. The minimum atomic E-state index is -1.66. The molecule has 0 aromatic heterocycles. The van der Waals surface area contributed by atoms with Crippen molar-refractivity contribution in [2.45, 2.75) is 171 Å². The molecule has 14 nitrogen and oxygen atoms in total. The average Bonchev–Trinajstić information content (AvgIpc) is 3.56. The van der Waals surface area contributed by atoms with Crippen molar-refractivity contribution < 1.29 is 69.3 Å². The van der Waals surface area contributed by atoms with E-state index >= 15 is 0 Å². The van der Waals surface area contributed by atoms with E-state index in [0.717, 1.165) is 31.3 Å². The van der Waals surface area contributed by atoms with E-state index in [4.69, 9.17) is 28.4 Å². The Morgan fingerprint density at radius 2 is 1.60 bits per heavy atom. The zero-order valence-corrected chi connectivity index (χ0v) is 31.5. The molecular weight excluding hydrogens is 692 g/mol. The molecule has 8 aliphatic rings. The van der Waals surface area contributed by atoms with Gasteiger partial charge >= 0.3 is 0 Å². The molecule has 0 aromatic rings. The van der Waals surface area contributed by atoms with Crippen LogP contribution >= 0.6 is 0 Å². The lowest BCUT2D eigenvalue weighted by atomic mass is 9.46. The third-order valence-corrected chi connectivity index (χ3v) is 15.8. The highest BCUT2D eigenvalue weighted by Gasteiger charge is 2.70. The first-order valence-electron chi connectivity index (χ1n) is 20.0. The monoisotopic (exact) mass is 754 g/mol. The van der Waals surface area contributed by atoms with E-state index in [9.17, 15) is 40.9 Å². The van der Waals surface area contributed by atoms with Gasteiger partial charge in [0.05, 0.1) is 43.7 Å². The van der Waals surface area contributed by atoms with Gasteiger partial charge in [-0.2, -0.15) is 0 Å². The van der Waals surface area contributed by atoms with E-state index in [0.29, 0.717) is 37.2 Å². The summed E-state index contributed by atoms with van der Waals surface area (Å²) < 4.78 is 37.2. The number of hydrogen-bond donors (Lipinski definition) is 8. The van der Waals surface area contributed by atoms with Crippen LogP contribution in [0.5, 0.6) is 0 Å². The summed E-state index contributed by atoms with van der Waals surface area (Å²) in [6.07, 6.45) is -8.30. The van der Waals surface area contributed by atoms with Crippen LogP contribution in [0.3, 0.4) is 0 Å². The molecular formula is C39H62O14. The zero-order chi connectivity index (χ0) is 37.9. The molecule has 7 fully saturated rings. The van der Waals surface area contributed by atoms with Crippen molar-refractivity contribution in [1.82, 2.24) is 0 Å². The quantitative estimate of drug-likeness (QED) is 0.178. The summed E-state index contributed by atoms with van der Waals surface area (Å²) in [6.45, 7) is 10.3. The minimum absolute atomic E-state index is 0.0582. The molecule has 302 valence electrons. The maximum atomic E-state index is 12.1. The van der Waals surface area contributed by atoms with Gasteiger partial charge in [0.2, 0.25) is 0 Å². The number of ether oxygens (including phenoxy) is 6. The summed E-state index contributed by atoms with van der Waals surface area (Å²) in [4.78, 5) is 0. The van der Waals surface area contributed by atoms with Gasteiger partial charge in [0.1, 0.15) is 42.7 Å². The fourth-order valence-corrected chi connectivity index (χ4v) is 12.6. The minimum Gasteiger partial charge on any atom is -0.394 e. The molecule has 23 atom stereocenters. The number of hydrogen-bond acceptors (Lipinski definition) is 14. The second kappa shape index (κ2) is 13.9. The van der Waals surface area contributed by atoms with E-state index in [1.54, 1.807) is 0 Å². The van der Waals surface area contributed by atoms with Crippen LogP contribution in [0.2, 0.25) is 0 Å².